The van der Waals surface area contributed by atoms with Gasteiger partial charge in [0.1, 0.15) is 0 Å². The van der Waals surface area contributed by atoms with Crippen LogP contribution in [-0.2, 0) is 4.79 Å². The SMILES string of the molecule is CCCN(CC(=O)N(C)CCCN)CC1CC1. The molecule has 2 N–H and O–H groups in total. The lowest BCUT2D eigenvalue weighted by molar-refractivity contribution is -0.131. The molecule has 0 heterocycles. The Morgan fingerprint density at radius 2 is 2.06 bits per heavy atom. The van der Waals surface area contributed by atoms with Gasteiger partial charge in [-0.2, -0.15) is 0 Å². The fourth-order valence-electron chi connectivity index (χ4n) is 1.98. The third-order valence-electron chi connectivity index (χ3n) is 3.24. The average Bonchev–Trinajstić information content (AvgIpc) is 3.09. The number of nitrogens with zero attached hydrogens (tertiary/aromatic N) is 2. The molecule has 0 aromatic heterocycles. The summed E-state index contributed by atoms with van der Waals surface area (Å²) in [5.74, 6) is 1.08. The number of hydrogen-bond donors (Lipinski definition) is 1. The molecule has 1 aliphatic rings. The summed E-state index contributed by atoms with van der Waals surface area (Å²) in [6.07, 6.45) is 4.69. The van der Waals surface area contributed by atoms with Crippen molar-refractivity contribution in [3.63, 3.8) is 0 Å². The maximum absolute atomic E-state index is 12.0. The molecule has 1 amide bonds. The second-order valence-electron chi connectivity index (χ2n) is 5.14. The number of hydrogen-bond acceptors (Lipinski definition) is 3. The summed E-state index contributed by atoms with van der Waals surface area (Å²) in [5.41, 5.74) is 5.45. The van der Waals surface area contributed by atoms with Crippen molar-refractivity contribution in [1.82, 2.24) is 9.80 Å². The van der Waals surface area contributed by atoms with E-state index in [1.807, 2.05) is 11.9 Å². The monoisotopic (exact) mass is 241 g/mol. The van der Waals surface area contributed by atoms with Gasteiger partial charge in [-0.25, -0.2) is 0 Å². The number of rotatable bonds is 9. The van der Waals surface area contributed by atoms with Crippen molar-refractivity contribution in [3.05, 3.63) is 0 Å². The Morgan fingerprint density at radius 3 is 2.59 bits per heavy atom. The average molecular weight is 241 g/mol. The molecule has 4 heteroatoms. The van der Waals surface area contributed by atoms with E-state index in [1.165, 1.54) is 12.8 Å². The van der Waals surface area contributed by atoms with Gasteiger partial charge in [-0.05, 0) is 44.7 Å². The molecule has 100 valence electrons. The number of amides is 1. The van der Waals surface area contributed by atoms with Gasteiger partial charge in [0.05, 0.1) is 6.54 Å². The van der Waals surface area contributed by atoms with Crippen LogP contribution in [0.5, 0.6) is 0 Å². The minimum absolute atomic E-state index is 0.229. The van der Waals surface area contributed by atoms with Gasteiger partial charge in [0.2, 0.25) is 5.91 Å². The Labute approximate surface area is 105 Å². The zero-order chi connectivity index (χ0) is 12.7. The van der Waals surface area contributed by atoms with Crippen molar-refractivity contribution in [3.8, 4) is 0 Å². The maximum Gasteiger partial charge on any atom is 0.236 e. The molecule has 0 radical (unpaired) electrons. The van der Waals surface area contributed by atoms with Crippen LogP contribution in [0.4, 0.5) is 0 Å². The summed E-state index contributed by atoms with van der Waals surface area (Å²) in [6, 6.07) is 0. The van der Waals surface area contributed by atoms with Crippen molar-refractivity contribution in [2.75, 3.05) is 39.8 Å². The second kappa shape index (κ2) is 7.67. The molecule has 0 aromatic rings. The highest BCUT2D eigenvalue weighted by molar-refractivity contribution is 5.77. The van der Waals surface area contributed by atoms with Gasteiger partial charge in [0, 0.05) is 20.1 Å². The summed E-state index contributed by atoms with van der Waals surface area (Å²) < 4.78 is 0. The Morgan fingerprint density at radius 1 is 1.35 bits per heavy atom. The first-order chi connectivity index (χ1) is 8.17. The van der Waals surface area contributed by atoms with E-state index in [4.69, 9.17) is 5.73 Å². The quantitative estimate of drug-likeness (QED) is 0.653. The van der Waals surface area contributed by atoms with E-state index >= 15 is 0 Å². The molecule has 1 fully saturated rings. The standard InChI is InChI=1S/C13H27N3O/c1-3-8-16(10-12-5-6-12)11-13(17)15(2)9-4-7-14/h12H,3-11,14H2,1-2H3. The van der Waals surface area contributed by atoms with Gasteiger partial charge in [-0.3, -0.25) is 9.69 Å². The minimum atomic E-state index is 0.229. The molecule has 0 unspecified atom stereocenters. The molecule has 0 bridgehead atoms. The summed E-state index contributed by atoms with van der Waals surface area (Å²) in [4.78, 5) is 16.1. The Hall–Kier alpha value is -0.610. The lowest BCUT2D eigenvalue weighted by Gasteiger charge is -2.24. The molecule has 17 heavy (non-hydrogen) atoms. The molecule has 0 saturated heterocycles. The van der Waals surface area contributed by atoms with Gasteiger partial charge in [-0.15, -0.1) is 0 Å². The predicted octanol–water partition coefficient (Wildman–Crippen LogP) is 0.916. The maximum atomic E-state index is 12.0. The van der Waals surface area contributed by atoms with Gasteiger partial charge in [0.25, 0.3) is 0 Å². The lowest BCUT2D eigenvalue weighted by atomic mass is 10.3. The van der Waals surface area contributed by atoms with Gasteiger partial charge < -0.3 is 10.6 Å². The smallest absolute Gasteiger partial charge is 0.236 e. The lowest BCUT2D eigenvalue weighted by Crippen LogP contribution is -2.40. The van der Waals surface area contributed by atoms with Crippen molar-refractivity contribution in [1.29, 1.82) is 0 Å². The fraction of sp³-hybridized carbons (Fsp3) is 0.923. The van der Waals surface area contributed by atoms with Crippen LogP contribution in [0.25, 0.3) is 0 Å². The molecule has 0 aliphatic heterocycles. The normalized spacial score (nSPS) is 15.3. The highest BCUT2D eigenvalue weighted by Gasteiger charge is 2.25. The third kappa shape index (κ3) is 6.03. The molecule has 0 aromatic carbocycles. The van der Waals surface area contributed by atoms with E-state index < -0.39 is 0 Å². The number of carbonyl (C=O) groups is 1. The number of carbonyl (C=O) groups excluding carboxylic acids is 1. The zero-order valence-corrected chi connectivity index (χ0v) is 11.3. The summed E-state index contributed by atoms with van der Waals surface area (Å²) in [6.45, 7) is 6.31. The van der Waals surface area contributed by atoms with Crippen LogP contribution >= 0.6 is 0 Å². The Bertz CT molecular complexity index is 229. The van der Waals surface area contributed by atoms with Crippen LogP contribution in [0.3, 0.4) is 0 Å². The molecule has 1 rings (SSSR count). The molecule has 0 atom stereocenters. The van der Waals surface area contributed by atoms with Gasteiger partial charge >= 0.3 is 0 Å². The van der Waals surface area contributed by atoms with E-state index in [9.17, 15) is 4.79 Å². The molecule has 0 spiro atoms. The minimum Gasteiger partial charge on any atom is -0.345 e. The van der Waals surface area contributed by atoms with Gasteiger partial charge in [0.15, 0.2) is 0 Å². The van der Waals surface area contributed by atoms with Crippen LogP contribution in [0, 0.1) is 5.92 Å². The third-order valence-corrected chi connectivity index (χ3v) is 3.24. The van der Waals surface area contributed by atoms with E-state index in [0.717, 1.165) is 38.4 Å². The first-order valence-corrected chi connectivity index (χ1v) is 6.83. The highest BCUT2D eigenvalue weighted by Crippen LogP contribution is 2.29. The summed E-state index contributed by atoms with van der Waals surface area (Å²) in [5, 5.41) is 0. The van der Waals surface area contributed by atoms with E-state index in [2.05, 4.69) is 11.8 Å². The van der Waals surface area contributed by atoms with Crippen molar-refractivity contribution < 1.29 is 4.79 Å². The van der Waals surface area contributed by atoms with Crippen molar-refractivity contribution >= 4 is 5.91 Å². The molecule has 1 saturated carbocycles. The topological polar surface area (TPSA) is 49.6 Å². The second-order valence-corrected chi connectivity index (χ2v) is 5.14. The molecule has 4 nitrogen and oxygen atoms in total. The number of nitrogens with two attached hydrogens (primary N) is 1. The van der Waals surface area contributed by atoms with Crippen molar-refractivity contribution in [2.45, 2.75) is 32.6 Å². The van der Waals surface area contributed by atoms with Crippen molar-refractivity contribution in [2.24, 2.45) is 11.7 Å². The molecule has 1 aliphatic carbocycles. The van der Waals surface area contributed by atoms with E-state index in [0.29, 0.717) is 13.1 Å². The number of likely N-dealkylation sites (N-methyl/N-ethyl adjacent to an activating group) is 1. The predicted molar refractivity (Wildman–Crippen MR) is 70.8 cm³/mol. The van der Waals surface area contributed by atoms with Crippen LogP contribution in [0.2, 0.25) is 0 Å². The first-order valence-electron chi connectivity index (χ1n) is 6.83. The molecular formula is C13H27N3O. The summed E-state index contributed by atoms with van der Waals surface area (Å²) in [7, 11) is 1.87. The van der Waals surface area contributed by atoms with Crippen LogP contribution < -0.4 is 5.73 Å². The van der Waals surface area contributed by atoms with Crippen LogP contribution in [0.1, 0.15) is 32.6 Å². The summed E-state index contributed by atoms with van der Waals surface area (Å²) >= 11 is 0. The highest BCUT2D eigenvalue weighted by atomic mass is 16.2. The fourth-order valence-corrected chi connectivity index (χ4v) is 1.98. The molecular weight excluding hydrogens is 214 g/mol. The van der Waals surface area contributed by atoms with E-state index in [1.54, 1.807) is 0 Å². The zero-order valence-electron chi connectivity index (χ0n) is 11.3. The Balaban J connectivity index is 2.28. The van der Waals surface area contributed by atoms with Crippen LogP contribution in [0.15, 0.2) is 0 Å². The van der Waals surface area contributed by atoms with E-state index in [-0.39, 0.29) is 5.91 Å². The first kappa shape index (κ1) is 14.5. The van der Waals surface area contributed by atoms with Crippen LogP contribution in [-0.4, -0.2) is 55.5 Å². The van der Waals surface area contributed by atoms with Gasteiger partial charge in [-0.1, -0.05) is 6.92 Å². The largest absolute Gasteiger partial charge is 0.345 e. The Kier molecular flexibility index (Phi) is 6.52.